The van der Waals surface area contributed by atoms with E-state index in [9.17, 15) is 0 Å². The van der Waals surface area contributed by atoms with Gasteiger partial charge in [-0.15, -0.1) is 0 Å². The molecule has 13 rings (SSSR count). The lowest BCUT2D eigenvalue weighted by molar-refractivity contribution is 0.692. The largest absolute Gasteiger partial charge is 0.310 e. The van der Waals surface area contributed by atoms with Crippen LogP contribution in [0.5, 0.6) is 0 Å². The Morgan fingerprint density at radius 1 is 0.345 bits per heavy atom. The molecule has 0 atom stereocenters. The van der Waals surface area contributed by atoms with Gasteiger partial charge in [0.2, 0.25) is 0 Å². The van der Waals surface area contributed by atoms with Gasteiger partial charge in [0.1, 0.15) is 0 Å². The summed E-state index contributed by atoms with van der Waals surface area (Å²) in [6.45, 7) is 0. The molecule has 0 unspecified atom stereocenters. The molecule has 0 aromatic heterocycles. The van der Waals surface area contributed by atoms with Crippen molar-refractivity contribution in [3.8, 4) is 33.4 Å². The normalized spacial score (nSPS) is 15.1. The van der Waals surface area contributed by atoms with E-state index in [0.717, 1.165) is 5.69 Å². The SMILES string of the molecule is c1ccc2c(c1)Sc1ccccc1C21c2ccccc2N(c2ccc(-c3ccc4c(c3)[Si]3(c5ccccc5-c5ccccc53)c3ccccc3-4)cc2)c2ccccc21. The Labute approximate surface area is 343 Å². The highest BCUT2D eigenvalue weighted by atomic mass is 32.2. The van der Waals surface area contributed by atoms with Crippen molar-refractivity contribution in [3.63, 3.8) is 0 Å². The van der Waals surface area contributed by atoms with E-state index < -0.39 is 13.5 Å². The molecule has 0 N–H and O–H groups in total. The van der Waals surface area contributed by atoms with Gasteiger partial charge in [-0.2, -0.15) is 0 Å². The third-order valence-corrected chi connectivity index (χ3v) is 19.5. The quantitative estimate of drug-likeness (QED) is 0.161. The van der Waals surface area contributed by atoms with Crippen molar-refractivity contribution in [2.45, 2.75) is 15.2 Å². The summed E-state index contributed by atoms with van der Waals surface area (Å²) in [5, 5.41) is 6.04. The van der Waals surface area contributed by atoms with E-state index in [1.54, 1.807) is 0 Å². The van der Waals surface area contributed by atoms with Crippen molar-refractivity contribution in [2.24, 2.45) is 0 Å². The van der Waals surface area contributed by atoms with Crippen LogP contribution in [-0.4, -0.2) is 8.07 Å². The summed E-state index contributed by atoms with van der Waals surface area (Å²) in [6.07, 6.45) is 0. The van der Waals surface area contributed by atoms with Gasteiger partial charge >= 0.3 is 0 Å². The van der Waals surface area contributed by atoms with Crippen molar-refractivity contribution < 1.29 is 0 Å². The highest BCUT2D eigenvalue weighted by molar-refractivity contribution is 7.99. The van der Waals surface area contributed by atoms with E-state index in [2.05, 4.69) is 217 Å². The first-order valence-electron chi connectivity index (χ1n) is 20.2. The summed E-state index contributed by atoms with van der Waals surface area (Å²) in [5.41, 5.74) is 16.5. The maximum Gasteiger partial charge on any atom is 0.182 e. The van der Waals surface area contributed by atoms with E-state index in [4.69, 9.17) is 0 Å². The molecular formula is C55H35NSSi. The number of hydrogen-bond donors (Lipinski definition) is 0. The van der Waals surface area contributed by atoms with Gasteiger partial charge < -0.3 is 4.90 Å². The molecule has 0 saturated heterocycles. The number of benzene rings is 9. The summed E-state index contributed by atoms with van der Waals surface area (Å²) >= 11 is 1.89. The summed E-state index contributed by atoms with van der Waals surface area (Å²) in [4.78, 5) is 5.12. The molecule has 1 nitrogen and oxygen atoms in total. The van der Waals surface area contributed by atoms with Crippen LogP contribution in [-0.2, 0) is 5.41 Å². The van der Waals surface area contributed by atoms with Crippen molar-refractivity contribution >= 4 is 57.6 Å². The molecule has 58 heavy (non-hydrogen) atoms. The van der Waals surface area contributed by atoms with Gasteiger partial charge in [0.15, 0.2) is 8.07 Å². The van der Waals surface area contributed by atoms with Crippen molar-refractivity contribution in [1.29, 1.82) is 0 Å². The number of hydrogen-bond acceptors (Lipinski definition) is 2. The summed E-state index contributed by atoms with van der Waals surface area (Å²) in [7, 11) is -2.51. The fraction of sp³-hybridized carbons (Fsp3) is 0.0182. The van der Waals surface area contributed by atoms with E-state index in [0.29, 0.717) is 0 Å². The minimum atomic E-state index is -2.51. The van der Waals surface area contributed by atoms with E-state index in [1.807, 2.05) is 11.8 Å². The van der Waals surface area contributed by atoms with Crippen LogP contribution < -0.4 is 25.6 Å². The Hall–Kier alpha value is -6.65. The van der Waals surface area contributed by atoms with Gasteiger partial charge in [-0.1, -0.05) is 188 Å². The topological polar surface area (TPSA) is 3.24 Å². The Balaban J connectivity index is 0.973. The van der Waals surface area contributed by atoms with Gasteiger partial charge in [-0.3, -0.25) is 0 Å². The molecule has 0 saturated carbocycles. The highest BCUT2D eigenvalue weighted by Crippen LogP contribution is 2.62. The number of nitrogens with zero attached hydrogens (tertiary/aromatic N) is 1. The van der Waals surface area contributed by atoms with Gasteiger partial charge in [-0.05, 0) is 113 Å². The molecule has 0 amide bonds. The molecule has 2 spiro atoms. The summed E-state index contributed by atoms with van der Waals surface area (Å²) < 4.78 is 0. The van der Waals surface area contributed by atoms with Crippen LogP contribution in [0.15, 0.2) is 222 Å². The lowest BCUT2D eigenvalue weighted by atomic mass is 9.62. The predicted octanol–water partition coefficient (Wildman–Crippen LogP) is 11.3. The molecule has 0 fully saturated rings. The van der Waals surface area contributed by atoms with Crippen LogP contribution in [0.2, 0.25) is 0 Å². The number of rotatable bonds is 2. The Bertz CT molecular complexity index is 3020. The fourth-order valence-electron chi connectivity index (χ4n) is 11.2. The number of para-hydroxylation sites is 2. The smallest absolute Gasteiger partial charge is 0.182 e. The van der Waals surface area contributed by atoms with Crippen LogP contribution in [0.4, 0.5) is 17.1 Å². The standard InChI is InChI=1S/C55H35NSSi/c1-12-26-51-39(15-1)40-16-2-13-27-52(40)58(51)53-28-14-3-17-41(53)42-34-31-37(35-54(42)58)36-29-32-38(33-30-36)56-47-22-8-4-18-43(47)55(44-19-5-9-23-48(44)56)45-20-6-10-24-49(45)57-50-25-11-7-21-46(50)55/h1-35H. The molecule has 4 heterocycles. The molecule has 4 aliphatic heterocycles. The van der Waals surface area contributed by atoms with E-state index >= 15 is 0 Å². The molecule has 0 aliphatic carbocycles. The molecule has 0 bridgehead atoms. The summed E-state index contributed by atoms with van der Waals surface area (Å²) in [6, 6.07) is 80.4. The average molecular weight is 770 g/mol. The summed E-state index contributed by atoms with van der Waals surface area (Å²) in [5.74, 6) is 0. The third kappa shape index (κ3) is 4.02. The van der Waals surface area contributed by atoms with Gasteiger partial charge in [0, 0.05) is 15.5 Å². The van der Waals surface area contributed by atoms with E-state index in [-0.39, 0.29) is 0 Å². The Kier molecular flexibility index (Phi) is 6.68. The predicted molar refractivity (Wildman–Crippen MR) is 244 cm³/mol. The van der Waals surface area contributed by atoms with Crippen LogP contribution >= 0.6 is 11.8 Å². The molecule has 3 heteroatoms. The third-order valence-electron chi connectivity index (χ3n) is 13.4. The minimum Gasteiger partial charge on any atom is -0.310 e. The average Bonchev–Trinajstić information content (AvgIpc) is 3.76. The molecule has 0 radical (unpaired) electrons. The van der Waals surface area contributed by atoms with Gasteiger partial charge in [0.25, 0.3) is 0 Å². The van der Waals surface area contributed by atoms with Gasteiger partial charge in [-0.25, -0.2) is 0 Å². The van der Waals surface area contributed by atoms with Crippen LogP contribution in [0, 0.1) is 0 Å². The first kappa shape index (κ1) is 32.4. The van der Waals surface area contributed by atoms with Crippen molar-refractivity contribution in [1.82, 2.24) is 0 Å². The number of fused-ring (bicyclic) bond motifs is 18. The fourth-order valence-corrected chi connectivity index (χ4v) is 18.0. The second-order valence-corrected chi connectivity index (χ2v) is 20.6. The lowest BCUT2D eigenvalue weighted by Crippen LogP contribution is -2.70. The second-order valence-electron chi connectivity index (χ2n) is 15.9. The van der Waals surface area contributed by atoms with Crippen molar-refractivity contribution in [3.05, 3.63) is 235 Å². The Morgan fingerprint density at radius 2 is 0.759 bits per heavy atom. The zero-order chi connectivity index (χ0) is 38.0. The molecule has 9 aromatic carbocycles. The molecular weight excluding hydrogens is 735 g/mol. The van der Waals surface area contributed by atoms with E-state index in [1.165, 1.54) is 97.5 Å². The second kappa shape index (κ2) is 11.9. The molecule has 4 aliphatic rings. The van der Waals surface area contributed by atoms with Crippen LogP contribution in [0.25, 0.3) is 33.4 Å². The highest BCUT2D eigenvalue weighted by Gasteiger charge is 2.54. The maximum atomic E-state index is 2.54. The zero-order valence-electron chi connectivity index (χ0n) is 31.6. The molecule has 270 valence electrons. The van der Waals surface area contributed by atoms with Crippen LogP contribution in [0.3, 0.4) is 0 Å². The first-order chi connectivity index (χ1) is 28.8. The zero-order valence-corrected chi connectivity index (χ0v) is 33.4. The van der Waals surface area contributed by atoms with Crippen LogP contribution in [0.1, 0.15) is 22.3 Å². The van der Waals surface area contributed by atoms with Crippen molar-refractivity contribution in [2.75, 3.05) is 4.90 Å². The maximum absolute atomic E-state index is 2.54. The Morgan fingerprint density at radius 3 is 1.29 bits per heavy atom. The minimum absolute atomic E-state index is 0.443. The van der Waals surface area contributed by atoms with Gasteiger partial charge in [0.05, 0.1) is 16.8 Å². The monoisotopic (exact) mass is 769 g/mol. The lowest BCUT2D eigenvalue weighted by Gasteiger charge is -2.49. The molecule has 9 aromatic rings. The first-order valence-corrected chi connectivity index (χ1v) is 23.0. The number of anilines is 3.